The molecular weight excluding hydrogens is 281 g/mol. The highest BCUT2D eigenvalue weighted by atomic mass is 32.1. The second-order valence-corrected chi connectivity index (χ2v) is 6.03. The SMILES string of the molecule is Fc1ccc(CNCc2ccc(-c3ccccc3)s2)cc1. The standard InChI is InChI=1S/C18H16FNS/c19-16-8-6-14(7-9-16)12-20-13-17-10-11-18(21-17)15-4-2-1-3-5-15/h1-11,20H,12-13H2. The number of hydrogen-bond acceptors (Lipinski definition) is 2. The normalized spacial score (nSPS) is 10.7. The van der Waals surface area contributed by atoms with Gasteiger partial charge < -0.3 is 5.32 Å². The van der Waals surface area contributed by atoms with Gasteiger partial charge in [0.2, 0.25) is 0 Å². The van der Waals surface area contributed by atoms with Crippen molar-refractivity contribution in [1.29, 1.82) is 0 Å². The molecule has 0 aliphatic heterocycles. The molecule has 3 aromatic rings. The zero-order valence-corrected chi connectivity index (χ0v) is 12.4. The van der Waals surface area contributed by atoms with Gasteiger partial charge in [0.1, 0.15) is 5.82 Å². The number of rotatable bonds is 5. The summed E-state index contributed by atoms with van der Waals surface area (Å²) in [6.07, 6.45) is 0. The van der Waals surface area contributed by atoms with E-state index in [-0.39, 0.29) is 5.82 Å². The molecule has 0 atom stereocenters. The molecule has 0 aliphatic carbocycles. The first-order valence-corrected chi connectivity index (χ1v) is 7.72. The van der Waals surface area contributed by atoms with E-state index in [0.29, 0.717) is 0 Å². The van der Waals surface area contributed by atoms with Crippen LogP contribution in [0.25, 0.3) is 10.4 Å². The first-order valence-electron chi connectivity index (χ1n) is 6.90. The Balaban J connectivity index is 1.57. The van der Waals surface area contributed by atoms with Crippen LogP contribution in [0.3, 0.4) is 0 Å². The van der Waals surface area contributed by atoms with Crippen LogP contribution in [0.15, 0.2) is 66.7 Å². The van der Waals surface area contributed by atoms with Gasteiger partial charge >= 0.3 is 0 Å². The van der Waals surface area contributed by atoms with Gasteiger partial charge in [-0.15, -0.1) is 11.3 Å². The summed E-state index contributed by atoms with van der Waals surface area (Å²) in [6, 6.07) is 21.3. The van der Waals surface area contributed by atoms with Crippen LogP contribution in [0.4, 0.5) is 4.39 Å². The lowest BCUT2D eigenvalue weighted by atomic mass is 10.2. The Bertz CT molecular complexity index is 689. The van der Waals surface area contributed by atoms with Crippen molar-refractivity contribution in [3.05, 3.63) is 83.0 Å². The van der Waals surface area contributed by atoms with Gasteiger partial charge in [-0.2, -0.15) is 0 Å². The lowest BCUT2D eigenvalue weighted by Crippen LogP contribution is -2.11. The van der Waals surface area contributed by atoms with Crippen molar-refractivity contribution in [1.82, 2.24) is 5.32 Å². The smallest absolute Gasteiger partial charge is 0.123 e. The van der Waals surface area contributed by atoms with Crippen molar-refractivity contribution in [3.63, 3.8) is 0 Å². The minimum absolute atomic E-state index is 0.190. The zero-order valence-electron chi connectivity index (χ0n) is 11.6. The monoisotopic (exact) mass is 297 g/mol. The van der Waals surface area contributed by atoms with Crippen LogP contribution in [0, 0.1) is 5.82 Å². The third-order valence-electron chi connectivity index (χ3n) is 3.26. The molecule has 2 aromatic carbocycles. The van der Waals surface area contributed by atoms with E-state index in [2.05, 4.69) is 41.7 Å². The summed E-state index contributed by atoms with van der Waals surface area (Å²) in [5.41, 5.74) is 2.35. The van der Waals surface area contributed by atoms with E-state index in [1.807, 2.05) is 18.2 Å². The molecule has 1 heterocycles. The molecule has 0 saturated heterocycles. The summed E-state index contributed by atoms with van der Waals surface area (Å²) in [5.74, 6) is -0.190. The Hall–Kier alpha value is -1.97. The van der Waals surface area contributed by atoms with E-state index in [4.69, 9.17) is 0 Å². The highest BCUT2D eigenvalue weighted by Crippen LogP contribution is 2.27. The van der Waals surface area contributed by atoms with E-state index in [1.165, 1.54) is 27.5 Å². The maximum Gasteiger partial charge on any atom is 0.123 e. The zero-order chi connectivity index (χ0) is 14.5. The van der Waals surface area contributed by atoms with Crippen molar-refractivity contribution < 1.29 is 4.39 Å². The predicted molar refractivity (Wildman–Crippen MR) is 86.7 cm³/mol. The number of hydrogen-bond donors (Lipinski definition) is 1. The van der Waals surface area contributed by atoms with Gasteiger partial charge in [-0.3, -0.25) is 0 Å². The molecule has 0 amide bonds. The first-order chi connectivity index (χ1) is 10.3. The van der Waals surface area contributed by atoms with Gasteiger partial charge in [0.25, 0.3) is 0 Å². The summed E-state index contributed by atoms with van der Waals surface area (Å²) < 4.78 is 12.8. The average Bonchev–Trinajstić information content (AvgIpc) is 2.99. The Labute approximate surface area is 128 Å². The largest absolute Gasteiger partial charge is 0.308 e. The van der Waals surface area contributed by atoms with E-state index in [1.54, 1.807) is 11.3 Å². The van der Waals surface area contributed by atoms with Crippen molar-refractivity contribution >= 4 is 11.3 Å². The Morgan fingerprint density at radius 2 is 1.57 bits per heavy atom. The predicted octanol–water partition coefficient (Wildman–Crippen LogP) is 4.84. The Morgan fingerprint density at radius 3 is 2.33 bits per heavy atom. The average molecular weight is 297 g/mol. The molecule has 21 heavy (non-hydrogen) atoms. The molecule has 106 valence electrons. The van der Waals surface area contributed by atoms with Crippen molar-refractivity contribution in [2.24, 2.45) is 0 Å². The van der Waals surface area contributed by atoms with Gasteiger partial charge in [0.05, 0.1) is 0 Å². The van der Waals surface area contributed by atoms with Crippen molar-refractivity contribution in [3.8, 4) is 10.4 Å². The number of thiophene rings is 1. The molecule has 0 radical (unpaired) electrons. The number of halogens is 1. The van der Waals surface area contributed by atoms with E-state index >= 15 is 0 Å². The highest BCUT2D eigenvalue weighted by molar-refractivity contribution is 7.15. The van der Waals surface area contributed by atoms with Crippen LogP contribution in [0.2, 0.25) is 0 Å². The summed E-state index contributed by atoms with van der Waals surface area (Å²) in [7, 11) is 0. The highest BCUT2D eigenvalue weighted by Gasteiger charge is 2.02. The maximum absolute atomic E-state index is 12.8. The lowest BCUT2D eigenvalue weighted by molar-refractivity contribution is 0.625. The van der Waals surface area contributed by atoms with Crippen LogP contribution < -0.4 is 5.32 Å². The van der Waals surface area contributed by atoms with E-state index in [0.717, 1.165) is 18.7 Å². The second-order valence-electron chi connectivity index (χ2n) is 4.86. The Morgan fingerprint density at radius 1 is 0.810 bits per heavy atom. The van der Waals surface area contributed by atoms with Crippen LogP contribution in [-0.4, -0.2) is 0 Å². The molecule has 0 unspecified atom stereocenters. The second kappa shape index (κ2) is 6.66. The fraction of sp³-hybridized carbons (Fsp3) is 0.111. The van der Waals surface area contributed by atoms with E-state index < -0.39 is 0 Å². The molecule has 0 spiro atoms. The minimum atomic E-state index is -0.190. The van der Waals surface area contributed by atoms with E-state index in [9.17, 15) is 4.39 Å². The quantitative estimate of drug-likeness (QED) is 0.710. The Kier molecular flexibility index (Phi) is 4.43. The van der Waals surface area contributed by atoms with Crippen LogP contribution in [0.5, 0.6) is 0 Å². The lowest BCUT2D eigenvalue weighted by Gasteiger charge is -2.03. The molecular formula is C18H16FNS. The van der Waals surface area contributed by atoms with Crippen LogP contribution >= 0.6 is 11.3 Å². The maximum atomic E-state index is 12.8. The third kappa shape index (κ3) is 3.78. The topological polar surface area (TPSA) is 12.0 Å². The molecule has 0 bridgehead atoms. The molecule has 3 heteroatoms. The molecule has 0 saturated carbocycles. The summed E-state index contributed by atoms with van der Waals surface area (Å²) in [6.45, 7) is 1.58. The van der Waals surface area contributed by atoms with Gasteiger partial charge in [0, 0.05) is 22.8 Å². The molecule has 0 aliphatic rings. The summed E-state index contributed by atoms with van der Waals surface area (Å²) >= 11 is 1.80. The van der Waals surface area contributed by atoms with Gasteiger partial charge in [-0.1, -0.05) is 42.5 Å². The fourth-order valence-electron chi connectivity index (χ4n) is 2.16. The molecule has 1 nitrogen and oxygen atoms in total. The van der Waals surface area contributed by atoms with Gasteiger partial charge in [-0.05, 0) is 35.4 Å². The molecule has 1 aromatic heterocycles. The number of nitrogens with one attached hydrogen (secondary N) is 1. The summed E-state index contributed by atoms with van der Waals surface area (Å²) in [4.78, 5) is 2.59. The van der Waals surface area contributed by atoms with Gasteiger partial charge in [0.15, 0.2) is 0 Å². The first kappa shape index (κ1) is 14.0. The minimum Gasteiger partial charge on any atom is -0.308 e. The van der Waals surface area contributed by atoms with Crippen LogP contribution in [0.1, 0.15) is 10.4 Å². The fourth-order valence-corrected chi connectivity index (χ4v) is 3.15. The van der Waals surface area contributed by atoms with Crippen LogP contribution in [-0.2, 0) is 13.1 Å². The number of benzene rings is 2. The van der Waals surface area contributed by atoms with Crippen molar-refractivity contribution in [2.75, 3.05) is 0 Å². The molecule has 3 rings (SSSR count). The van der Waals surface area contributed by atoms with Crippen molar-refractivity contribution in [2.45, 2.75) is 13.1 Å². The van der Waals surface area contributed by atoms with Gasteiger partial charge in [-0.25, -0.2) is 4.39 Å². The summed E-state index contributed by atoms with van der Waals surface area (Å²) in [5, 5.41) is 3.39. The molecule has 1 N–H and O–H groups in total. The third-order valence-corrected chi connectivity index (χ3v) is 4.40. The molecule has 0 fully saturated rings.